The lowest BCUT2D eigenvalue weighted by atomic mass is 9.95. The van der Waals surface area contributed by atoms with Crippen LogP contribution in [-0.2, 0) is 4.79 Å². The smallest absolute Gasteiger partial charge is 0.258 e. The number of carbonyl (C=O) groups is 1. The third kappa shape index (κ3) is 4.61. The first kappa shape index (κ1) is 19.7. The molecule has 0 saturated heterocycles. The minimum absolute atomic E-state index is 0.0149. The van der Waals surface area contributed by atoms with E-state index in [-0.39, 0.29) is 18.6 Å². The topological polar surface area (TPSA) is 38.3 Å². The fourth-order valence-electron chi connectivity index (χ4n) is 3.39. The summed E-state index contributed by atoms with van der Waals surface area (Å²) in [6.45, 7) is 8.15. The van der Waals surface area contributed by atoms with Crippen LogP contribution < -0.4 is 10.1 Å². The van der Waals surface area contributed by atoms with Gasteiger partial charge in [-0.1, -0.05) is 60.7 Å². The maximum Gasteiger partial charge on any atom is 0.258 e. The molecule has 1 atom stereocenters. The Morgan fingerprint density at radius 2 is 1.57 bits per heavy atom. The normalized spacial score (nSPS) is 11.7. The number of aryl methyl sites for hydroxylation is 3. The second kappa shape index (κ2) is 8.75. The molecule has 144 valence electrons. The zero-order valence-corrected chi connectivity index (χ0v) is 17.0. The number of rotatable bonds is 6. The summed E-state index contributed by atoms with van der Waals surface area (Å²) >= 11 is 0. The Morgan fingerprint density at radius 1 is 0.893 bits per heavy atom. The molecule has 0 spiro atoms. The predicted molar refractivity (Wildman–Crippen MR) is 114 cm³/mol. The number of amides is 1. The van der Waals surface area contributed by atoms with Crippen molar-refractivity contribution in [3.8, 4) is 5.75 Å². The van der Waals surface area contributed by atoms with E-state index in [0.29, 0.717) is 0 Å². The Bertz CT molecular complexity index is 964. The van der Waals surface area contributed by atoms with E-state index < -0.39 is 0 Å². The van der Waals surface area contributed by atoms with Gasteiger partial charge in [0.15, 0.2) is 6.61 Å². The molecule has 0 unspecified atom stereocenters. The molecule has 0 radical (unpaired) electrons. The minimum Gasteiger partial charge on any atom is -0.483 e. The van der Waals surface area contributed by atoms with Gasteiger partial charge < -0.3 is 10.1 Å². The van der Waals surface area contributed by atoms with Gasteiger partial charge in [-0.15, -0.1) is 0 Å². The fraction of sp³-hybridized carbons (Fsp3) is 0.240. The molecule has 3 nitrogen and oxygen atoms in total. The van der Waals surface area contributed by atoms with Gasteiger partial charge in [0.1, 0.15) is 5.75 Å². The first-order valence-corrected chi connectivity index (χ1v) is 9.56. The van der Waals surface area contributed by atoms with Crippen LogP contribution in [0.15, 0.2) is 66.7 Å². The van der Waals surface area contributed by atoms with E-state index in [4.69, 9.17) is 4.74 Å². The molecule has 3 aromatic carbocycles. The molecule has 3 aromatic rings. The molecule has 3 heteroatoms. The minimum atomic E-state index is -0.209. The van der Waals surface area contributed by atoms with Gasteiger partial charge >= 0.3 is 0 Å². The summed E-state index contributed by atoms with van der Waals surface area (Å²) < 4.78 is 5.85. The van der Waals surface area contributed by atoms with Crippen molar-refractivity contribution in [2.45, 2.75) is 33.7 Å². The molecular formula is C25H27NO2. The molecule has 1 N–H and O–H groups in total. The Hall–Kier alpha value is -3.07. The van der Waals surface area contributed by atoms with E-state index in [9.17, 15) is 4.79 Å². The van der Waals surface area contributed by atoms with Crippen LogP contribution in [0.1, 0.15) is 39.4 Å². The van der Waals surface area contributed by atoms with E-state index in [0.717, 1.165) is 39.1 Å². The molecule has 0 aromatic heterocycles. The van der Waals surface area contributed by atoms with Gasteiger partial charge in [0, 0.05) is 0 Å². The van der Waals surface area contributed by atoms with E-state index in [2.05, 4.69) is 37.4 Å². The predicted octanol–water partition coefficient (Wildman–Crippen LogP) is 5.20. The second-order valence-corrected chi connectivity index (χ2v) is 7.26. The summed E-state index contributed by atoms with van der Waals surface area (Å²) in [5, 5.41) is 3.15. The van der Waals surface area contributed by atoms with Gasteiger partial charge in [-0.2, -0.15) is 0 Å². The molecule has 0 fully saturated rings. The van der Waals surface area contributed by atoms with Gasteiger partial charge in [0.25, 0.3) is 5.91 Å². The van der Waals surface area contributed by atoms with Crippen molar-refractivity contribution < 1.29 is 9.53 Å². The molecule has 0 heterocycles. The molecule has 0 aliphatic heterocycles. The van der Waals surface area contributed by atoms with Crippen molar-refractivity contribution in [2.24, 2.45) is 0 Å². The standard InChI is InChI=1S/C25H27NO2/c1-17-14-19(3)20(4)23(15-17)28-16-24(27)26-25(21-11-6-5-7-12-21)22-13-9-8-10-18(22)2/h5-15,25H,16H2,1-4H3,(H,26,27)/t25-/m0/s1. The number of nitrogens with one attached hydrogen (secondary N) is 1. The van der Waals surface area contributed by atoms with Crippen LogP contribution in [0.5, 0.6) is 5.75 Å². The monoisotopic (exact) mass is 373 g/mol. The average molecular weight is 373 g/mol. The third-order valence-corrected chi connectivity index (χ3v) is 5.06. The van der Waals surface area contributed by atoms with Crippen molar-refractivity contribution in [1.82, 2.24) is 5.32 Å². The van der Waals surface area contributed by atoms with Crippen molar-refractivity contribution >= 4 is 5.91 Å². The molecule has 0 saturated carbocycles. The summed E-state index contributed by atoms with van der Waals surface area (Å²) in [6, 6.07) is 22.0. The lowest BCUT2D eigenvalue weighted by Crippen LogP contribution is -2.33. The molecule has 0 aliphatic rings. The van der Waals surface area contributed by atoms with Crippen LogP contribution in [0.4, 0.5) is 0 Å². The summed E-state index contributed by atoms with van der Waals surface area (Å²) in [7, 11) is 0. The number of carbonyl (C=O) groups excluding carboxylic acids is 1. The lowest BCUT2D eigenvalue weighted by molar-refractivity contribution is -0.123. The van der Waals surface area contributed by atoms with Crippen LogP contribution in [0, 0.1) is 27.7 Å². The lowest BCUT2D eigenvalue weighted by Gasteiger charge is -2.22. The number of hydrogen-bond donors (Lipinski definition) is 1. The number of ether oxygens (including phenoxy) is 1. The first-order chi connectivity index (χ1) is 13.5. The molecule has 0 aliphatic carbocycles. The van der Waals surface area contributed by atoms with Crippen LogP contribution in [0.2, 0.25) is 0 Å². The van der Waals surface area contributed by atoms with Crippen molar-refractivity contribution in [2.75, 3.05) is 6.61 Å². The summed E-state index contributed by atoms with van der Waals surface area (Å²) in [5.41, 5.74) is 6.63. The number of benzene rings is 3. The molecule has 28 heavy (non-hydrogen) atoms. The number of hydrogen-bond acceptors (Lipinski definition) is 2. The highest BCUT2D eigenvalue weighted by Crippen LogP contribution is 2.26. The Balaban J connectivity index is 1.78. The fourth-order valence-corrected chi connectivity index (χ4v) is 3.39. The third-order valence-electron chi connectivity index (χ3n) is 5.06. The zero-order valence-electron chi connectivity index (χ0n) is 17.0. The molecule has 0 bridgehead atoms. The Kier molecular flexibility index (Phi) is 6.15. The first-order valence-electron chi connectivity index (χ1n) is 9.56. The maximum absolute atomic E-state index is 12.7. The molecule has 1 amide bonds. The highest BCUT2D eigenvalue weighted by atomic mass is 16.5. The van der Waals surface area contributed by atoms with Crippen LogP contribution >= 0.6 is 0 Å². The van der Waals surface area contributed by atoms with Gasteiger partial charge in [-0.25, -0.2) is 0 Å². The summed E-state index contributed by atoms with van der Waals surface area (Å²) in [4.78, 5) is 12.7. The van der Waals surface area contributed by atoms with Gasteiger partial charge in [-0.3, -0.25) is 4.79 Å². The van der Waals surface area contributed by atoms with Gasteiger partial charge in [0.2, 0.25) is 0 Å². The van der Waals surface area contributed by atoms with E-state index in [1.165, 1.54) is 0 Å². The Labute approximate surface area is 167 Å². The quantitative estimate of drug-likeness (QED) is 0.644. The largest absolute Gasteiger partial charge is 0.483 e. The van der Waals surface area contributed by atoms with E-state index in [1.54, 1.807) is 0 Å². The zero-order chi connectivity index (χ0) is 20.1. The van der Waals surface area contributed by atoms with E-state index in [1.807, 2.05) is 62.4 Å². The molecular weight excluding hydrogens is 346 g/mol. The van der Waals surface area contributed by atoms with Crippen molar-refractivity contribution in [3.05, 3.63) is 100 Å². The van der Waals surface area contributed by atoms with Crippen LogP contribution in [0.25, 0.3) is 0 Å². The van der Waals surface area contributed by atoms with Gasteiger partial charge in [-0.05, 0) is 67.1 Å². The SMILES string of the molecule is Cc1cc(C)c(C)c(OCC(=O)N[C@@H](c2ccccc2)c2ccccc2C)c1. The highest BCUT2D eigenvalue weighted by Gasteiger charge is 2.19. The van der Waals surface area contributed by atoms with E-state index >= 15 is 0 Å². The maximum atomic E-state index is 12.7. The Morgan fingerprint density at radius 3 is 2.29 bits per heavy atom. The molecule has 3 rings (SSSR count). The van der Waals surface area contributed by atoms with Crippen molar-refractivity contribution in [3.63, 3.8) is 0 Å². The summed E-state index contributed by atoms with van der Waals surface area (Å²) in [6.07, 6.45) is 0. The summed E-state index contributed by atoms with van der Waals surface area (Å²) in [5.74, 6) is 0.621. The van der Waals surface area contributed by atoms with Crippen molar-refractivity contribution in [1.29, 1.82) is 0 Å². The second-order valence-electron chi connectivity index (χ2n) is 7.26. The average Bonchev–Trinajstić information content (AvgIpc) is 2.69. The van der Waals surface area contributed by atoms with Gasteiger partial charge in [0.05, 0.1) is 6.04 Å². The van der Waals surface area contributed by atoms with Crippen LogP contribution in [0.3, 0.4) is 0 Å². The van der Waals surface area contributed by atoms with Crippen LogP contribution in [-0.4, -0.2) is 12.5 Å². The highest BCUT2D eigenvalue weighted by molar-refractivity contribution is 5.78.